The number of hydrogen-bond donors (Lipinski definition) is 0. The van der Waals surface area contributed by atoms with E-state index in [1.165, 1.54) is 0 Å². The quantitative estimate of drug-likeness (QED) is 0.539. The van der Waals surface area contributed by atoms with Crippen molar-refractivity contribution in [1.29, 1.82) is 0 Å². The van der Waals surface area contributed by atoms with Crippen LogP contribution in [-0.4, -0.2) is 26.2 Å². The van der Waals surface area contributed by atoms with Gasteiger partial charge >= 0.3 is 60.0 Å². The Morgan fingerprint density at radius 2 is 2.50 bits per heavy atom. The van der Waals surface area contributed by atoms with Gasteiger partial charge in [0, 0.05) is 0 Å². The Morgan fingerprint density at radius 1 is 1.70 bits per heavy atom. The second-order valence-corrected chi connectivity index (χ2v) is 2.58. The summed E-state index contributed by atoms with van der Waals surface area (Å²) in [6.45, 7) is 2.44. The van der Waals surface area contributed by atoms with Crippen LogP contribution in [0, 0.1) is 0 Å². The number of rotatable bonds is 3. The molecule has 1 heterocycles. The molecule has 1 aliphatic heterocycles. The molecule has 0 aromatic carbocycles. The molecule has 0 aliphatic carbocycles. The second kappa shape index (κ2) is 3.71. The monoisotopic (exact) mass is 142 g/mol. The Labute approximate surface area is 61.0 Å². The first-order valence-electron chi connectivity index (χ1n) is 3.53. The third-order valence-corrected chi connectivity index (χ3v) is 1.67. The second-order valence-electron chi connectivity index (χ2n) is 2.58. The summed E-state index contributed by atoms with van der Waals surface area (Å²) in [6.07, 6.45) is 2.56. The van der Waals surface area contributed by atoms with Crippen molar-refractivity contribution in [2.24, 2.45) is 0 Å². The number of ether oxygens (including phenoxy) is 1. The van der Waals surface area contributed by atoms with Crippen molar-refractivity contribution >= 4 is 7.35 Å². The van der Waals surface area contributed by atoms with E-state index < -0.39 is 0 Å². The molecule has 0 bridgehead atoms. The van der Waals surface area contributed by atoms with Crippen LogP contribution in [0.15, 0.2) is 0 Å². The van der Waals surface area contributed by atoms with Gasteiger partial charge in [-0.2, -0.15) is 0 Å². The van der Waals surface area contributed by atoms with Crippen LogP contribution in [0.25, 0.3) is 0 Å². The zero-order valence-corrected chi connectivity index (χ0v) is 6.08. The Morgan fingerprint density at radius 3 is 3.00 bits per heavy atom. The van der Waals surface area contributed by atoms with Gasteiger partial charge in [-0.25, -0.2) is 0 Å². The summed E-state index contributed by atoms with van der Waals surface area (Å²) in [4.78, 5) is 0. The molecule has 1 rings (SSSR count). The molecule has 0 spiro atoms. The van der Waals surface area contributed by atoms with Crippen LogP contribution in [-0.2, 0) is 14.1 Å². The summed E-state index contributed by atoms with van der Waals surface area (Å²) >= 11 is 0. The molecule has 3 nitrogen and oxygen atoms in total. The third-order valence-electron chi connectivity index (χ3n) is 1.67. The van der Waals surface area contributed by atoms with Crippen LogP contribution in [0.1, 0.15) is 19.8 Å². The maximum atomic E-state index is 9.77. The summed E-state index contributed by atoms with van der Waals surface area (Å²) in [6, 6.07) is 0. The molecule has 0 amide bonds. The molecule has 1 fully saturated rings. The van der Waals surface area contributed by atoms with E-state index in [-0.39, 0.29) is 6.10 Å². The zero-order chi connectivity index (χ0) is 7.40. The first-order valence-corrected chi connectivity index (χ1v) is 3.53. The Bertz CT molecular complexity index is 118. The van der Waals surface area contributed by atoms with Crippen molar-refractivity contribution in [2.75, 3.05) is 6.61 Å². The molecule has 10 heavy (non-hydrogen) atoms. The fraction of sp³-hybridized carbons (Fsp3) is 1.00. The van der Waals surface area contributed by atoms with Crippen LogP contribution in [0.5, 0.6) is 0 Å². The molecular weight excluding hydrogens is 131 g/mol. The Hall–Kier alpha value is -0.375. The standard InChI is InChI=1S/C6H11BO3/c1-5-2-3-6(10-5)4-9-7-8/h5-6H,2-4H2,1H3. The van der Waals surface area contributed by atoms with Crippen molar-refractivity contribution < 1.29 is 14.1 Å². The summed E-state index contributed by atoms with van der Waals surface area (Å²) in [7, 11) is 0.465. The number of hydrogen-bond acceptors (Lipinski definition) is 3. The molecule has 0 aromatic heterocycles. The summed E-state index contributed by atoms with van der Waals surface area (Å²) in [5.41, 5.74) is 0. The van der Waals surface area contributed by atoms with Gasteiger partial charge in [0.15, 0.2) is 0 Å². The molecule has 2 unspecified atom stereocenters. The van der Waals surface area contributed by atoms with Gasteiger partial charge in [0.2, 0.25) is 0 Å². The normalized spacial score (nSPS) is 31.7. The molecule has 56 valence electrons. The van der Waals surface area contributed by atoms with Crippen molar-refractivity contribution in [1.82, 2.24) is 0 Å². The molecular formula is C6H11BO3. The van der Waals surface area contributed by atoms with E-state index in [4.69, 9.17) is 4.74 Å². The first kappa shape index (κ1) is 7.73. The molecule has 0 saturated carbocycles. The molecule has 0 radical (unpaired) electrons. The van der Waals surface area contributed by atoms with Gasteiger partial charge in [0.1, 0.15) is 0 Å². The van der Waals surface area contributed by atoms with E-state index in [1.807, 2.05) is 6.92 Å². The fourth-order valence-electron chi connectivity index (χ4n) is 1.15. The predicted octanol–water partition coefficient (Wildman–Crippen LogP) is 0.535. The van der Waals surface area contributed by atoms with Crippen molar-refractivity contribution in [3.63, 3.8) is 0 Å². The molecule has 2 atom stereocenters. The molecule has 0 N–H and O–H groups in total. The van der Waals surface area contributed by atoms with E-state index in [2.05, 4.69) is 4.65 Å². The van der Waals surface area contributed by atoms with Gasteiger partial charge in [-0.15, -0.1) is 0 Å². The van der Waals surface area contributed by atoms with E-state index in [1.54, 1.807) is 0 Å². The minimum atomic E-state index is 0.139. The van der Waals surface area contributed by atoms with Gasteiger partial charge in [-0.05, 0) is 0 Å². The van der Waals surface area contributed by atoms with Crippen LogP contribution < -0.4 is 0 Å². The van der Waals surface area contributed by atoms with E-state index in [0.29, 0.717) is 20.1 Å². The van der Waals surface area contributed by atoms with Crippen LogP contribution in [0.3, 0.4) is 0 Å². The topological polar surface area (TPSA) is 35.5 Å². The minimum absolute atomic E-state index is 0.139. The van der Waals surface area contributed by atoms with E-state index in [9.17, 15) is 4.70 Å². The fourth-order valence-corrected chi connectivity index (χ4v) is 1.15. The van der Waals surface area contributed by atoms with Crippen molar-refractivity contribution in [2.45, 2.75) is 32.0 Å². The van der Waals surface area contributed by atoms with Crippen LogP contribution in [0.4, 0.5) is 0 Å². The molecule has 1 aliphatic rings. The summed E-state index contributed by atoms with van der Waals surface area (Å²) in [5, 5.41) is 0. The maximum absolute atomic E-state index is 9.77. The summed E-state index contributed by atoms with van der Waals surface area (Å²) in [5.74, 6) is 0. The van der Waals surface area contributed by atoms with Crippen LogP contribution in [0.2, 0.25) is 0 Å². The molecule has 0 aromatic rings. The van der Waals surface area contributed by atoms with Gasteiger partial charge in [-0.3, -0.25) is 0 Å². The Kier molecular flexibility index (Phi) is 2.87. The first-order chi connectivity index (χ1) is 4.83. The van der Waals surface area contributed by atoms with E-state index in [0.717, 1.165) is 12.8 Å². The predicted molar refractivity (Wildman–Crippen MR) is 36.0 cm³/mol. The Balaban J connectivity index is 2.12. The molecule has 4 heteroatoms. The van der Waals surface area contributed by atoms with Gasteiger partial charge in [0.25, 0.3) is 0 Å². The zero-order valence-electron chi connectivity index (χ0n) is 6.08. The SMILES string of the molecule is CC1CCC(COB=O)O1. The average Bonchev–Trinajstić information content (AvgIpc) is 2.31. The summed E-state index contributed by atoms with van der Waals surface area (Å²) < 4.78 is 19.7. The van der Waals surface area contributed by atoms with Gasteiger partial charge in [0.05, 0.1) is 0 Å². The molecule has 1 saturated heterocycles. The van der Waals surface area contributed by atoms with Crippen LogP contribution >= 0.6 is 0 Å². The van der Waals surface area contributed by atoms with E-state index >= 15 is 0 Å². The third kappa shape index (κ3) is 2.10. The van der Waals surface area contributed by atoms with Gasteiger partial charge < -0.3 is 0 Å². The van der Waals surface area contributed by atoms with Crippen molar-refractivity contribution in [3.05, 3.63) is 0 Å². The van der Waals surface area contributed by atoms with Crippen molar-refractivity contribution in [3.8, 4) is 0 Å². The average molecular weight is 142 g/mol. The van der Waals surface area contributed by atoms with Gasteiger partial charge in [-0.1, -0.05) is 0 Å².